The van der Waals surface area contributed by atoms with Gasteiger partial charge in [0.25, 0.3) is 5.91 Å². The van der Waals surface area contributed by atoms with E-state index in [9.17, 15) is 13.2 Å². The molecule has 5 nitrogen and oxygen atoms in total. The van der Waals surface area contributed by atoms with Crippen molar-refractivity contribution in [2.24, 2.45) is 0 Å². The molecule has 2 heterocycles. The lowest BCUT2D eigenvalue weighted by Crippen LogP contribution is -2.30. The molecule has 0 aliphatic carbocycles. The number of amides is 1. The summed E-state index contributed by atoms with van der Waals surface area (Å²) in [4.78, 5) is 14.9. The third kappa shape index (κ3) is 3.42. The summed E-state index contributed by atoms with van der Waals surface area (Å²) in [6.45, 7) is 1.58. The smallest absolute Gasteiger partial charge is 0.259 e. The minimum Gasteiger partial charge on any atom is -0.308 e. The zero-order valence-electron chi connectivity index (χ0n) is 14.5. The Morgan fingerprint density at radius 1 is 1.04 bits per heavy atom. The van der Waals surface area contributed by atoms with Gasteiger partial charge in [-0.3, -0.25) is 4.79 Å². The van der Waals surface area contributed by atoms with Gasteiger partial charge in [-0.05, 0) is 61.2 Å². The highest BCUT2D eigenvalue weighted by molar-refractivity contribution is 9.10. The summed E-state index contributed by atoms with van der Waals surface area (Å²) >= 11 is 9.71. The summed E-state index contributed by atoms with van der Waals surface area (Å²) in [5, 5.41) is 0.255. The molecule has 2 aliphatic rings. The van der Waals surface area contributed by atoms with Gasteiger partial charge in [-0.2, -0.15) is 4.31 Å². The molecular formula is C19H18BrClN2O3S. The first-order valence-electron chi connectivity index (χ1n) is 8.78. The Kier molecular flexibility index (Phi) is 5.05. The minimum absolute atomic E-state index is 0.118. The van der Waals surface area contributed by atoms with Gasteiger partial charge < -0.3 is 4.90 Å². The summed E-state index contributed by atoms with van der Waals surface area (Å²) in [6, 6.07) is 10.2. The van der Waals surface area contributed by atoms with Crippen molar-refractivity contribution >= 4 is 49.1 Å². The normalized spacial score (nSPS) is 17.3. The highest BCUT2D eigenvalue weighted by Gasteiger charge is 2.31. The van der Waals surface area contributed by atoms with E-state index in [1.165, 1.54) is 22.5 Å². The molecule has 0 N–H and O–H groups in total. The number of hydrogen-bond donors (Lipinski definition) is 0. The van der Waals surface area contributed by atoms with Crippen LogP contribution in [0.1, 0.15) is 28.8 Å². The molecule has 0 saturated carbocycles. The summed E-state index contributed by atoms with van der Waals surface area (Å²) in [6.07, 6.45) is 2.47. The van der Waals surface area contributed by atoms with Gasteiger partial charge in [-0.15, -0.1) is 0 Å². The van der Waals surface area contributed by atoms with E-state index in [1.54, 1.807) is 4.90 Å². The van der Waals surface area contributed by atoms with Crippen LogP contribution in [0.25, 0.3) is 0 Å². The lowest BCUT2D eigenvalue weighted by atomic mass is 10.1. The Balaban J connectivity index is 1.70. The van der Waals surface area contributed by atoms with Gasteiger partial charge in [0.05, 0.1) is 15.5 Å². The Bertz CT molecular complexity index is 1020. The van der Waals surface area contributed by atoms with E-state index in [4.69, 9.17) is 11.6 Å². The Hall–Kier alpha value is -1.41. The van der Waals surface area contributed by atoms with Gasteiger partial charge in [0.15, 0.2) is 0 Å². The summed E-state index contributed by atoms with van der Waals surface area (Å²) in [7, 11) is -3.60. The molecule has 27 heavy (non-hydrogen) atoms. The van der Waals surface area contributed by atoms with E-state index < -0.39 is 10.0 Å². The number of carbonyl (C=O) groups excluding carboxylic acids is 1. The number of sulfonamides is 1. The van der Waals surface area contributed by atoms with E-state index in [2.05, 4.69) is 15.9 Å². The predicted octanol–water partition coefficient (Wildman–Crippen LogP) is 4.09. The number of benzene rings is 2. The monoisotopic (exact) mass is 468 g/mol. The maximum Gasteiger partial charge on any atom is 0.259 e. The van der Waals surface area contributed by atoms with Crippen LogP contribution in [0.15, 0.2) is 45.8 Å². The number of nitrogens with zero attached hydrogens (tertiary/aromatic N) is 2. The molecule has 2 aromatic rings. The van der Waals surface area contributed by atoms with Crippen LogP contribution in [-0.4, -0.2) is 38.3 Å². The topological polar surface area (TPSA) is 57.7 Å². The second-order valence-corrected chi connectivity index (χ2v) is 9.99. The predicted molar refractivity (Wildman–Crippen MR) is 109 cm³/mol. The average molecular weight is 470 g/mol. The molecule has 2 aromatic carbocycles. The number of rotatable bonds is 3. The standard InChI is InChI=1S/C19H18BrClN2O3S/c20-14-3-6-18-13(11-14)7-10-23(18)19(24)16-12-15(4-5-17(16)21)27(25,26)22-8-1-2-9-22/h3-6,11-12H,1-2,7-10H2. The van der Waals surface area contributed by atoms with E-state index in [1.807, 2.05) is 18.2 Å². The highest BCUT2D eigenvalue weighted by Crippen LogP contribution is 2.33. The van der Waals surface area contributed by atoms with E-state index in [0.717, 1.165) is 35.0 Å². The summed E-state index contributed by atoms with van der Waals surface area (Å²) in [5.41, 5.74) is 2.13. The van der Waals surface area contributed by atoms with Crippen molar-refractivity contribution in [1.29, 1.82) is 0 Å². The van der Waals surface area contributed by atoms with Crippen LogP contribution < -0.4 is 4.90 Å². The van der Waals surface area contributed by atoms with Crippen LogP contribution in [0.2, 0.25) is 5.02 Å². The number of carbonyl (C=O) groups is 1. The van der Waals surface area contributed by atoms with Crippen LogP contribution in [0.4, 0.5) is 5.69 Å². The number of anilines is 1. The number of fused-ring (bicyclic) bond motifs is 1. The first kappa shape index (κ1) is 18.9. The van der Waals surface area contributed by atoms with Gasteiger partial charge >= 0.3 is 0 Å². The second-order valence-electron chi connectivity index (χ2n) is 6.73. The molecule has 0 atom stereocenters. The van der Waals surface area contributed by atoms with E-state index in [0.29, 0.717) is 19.6 Å². The van der Waals surface area contributed by atoms with Crippen LogP contribution in [0.3, 0.4) is 0 Å². The lowest BCUT2D eigenvalue weighted by molar-refractivity contribution is 0.0989. The van der Waals surface area contributed by atoms with Gasteiger partial charge in [0, 0.05) is 29.8 Å². The maximum absolute atomic E-state index is 13.1. The minimum atomic E-state index is -3.60. The molecule has 4 rings (SSSR count). The summed E-state index contributed by atoms with van der Waals surface area (Å²) in [5.74, 6) is -0.278. The Morgan fingerprint density at radius 2 is 1.78 bits per heavy atom. The highest BCUT2D eigenvalue weighted by atomic mass is 79.9. The Morgan fingerprint density at radius 3 is 2.52 bits per heavy atom. The largest absolute Gasteiger partial charge is 0.308 e. The number of hydrogen-bond acceptors (Lipinski definition) is 3. The molecule has 1 saturated heterocycles. The van der Waals surface area contributed by atoms with Gasteiger partial charge in [-0.25, -0.2) is 8.42 Å². The van der Waals surface area contributed by atoms with E-state index in [-0.39, 0.29) is 21.4 Å². The molecule has 1 fully saturated rings. The zero-order chi connectivity index (χ0) is 19.2. The molecule has 142 valence electrons. The second kappa shape index (κ2) is 7.20. The van der Waals surface area contributed by atoms with Crippen molar-refractivity contribution in [2.45, 2.75) is 24.2 Å². The summed E-state index contributed by atoms with van der Waals surface area (Å²) < 4.78 is 28.1. The molecular weight excluding hydrogens is 452 g/mol. The molecule has 0 spiro atoms. The fourth-order valence-electron chi connectivity index (χ4n) is 3.63. The fourth-order valence-corrected chi connectivity index (χ4v) is 5.78. The van der Waals surface area contributed by atoms with Crippen molar-refractivity contribution in [1.82, 2.24) is 4.31 Å². The third-order valence-corrected chi connectivity index (χ3v) is 7.77. The SMILES string of the molecule is O=C(c1cc(S(=O)(=O)N2CCCC2)ccc1Cl)N1CCc2cc(Br)ccc21. The molecule has 2 aliphatic heterocycles. The molecule has 0 radical (unpaired) electrons. The van der Waals surface area contributed by atoms with Crippen LogP contribution >= 0.6 is 27.5 Å². The van der Waals surface area contributed by atoms with Gasteiger partial charge in [0.1, 0.15) is 0 Å². The van der Waals surface area contributed by atoms with Crippen LogP contribution in [0, 0.1) is 0 Å². The fraction of sp³-hybridized carbons (Fsp3) is 0.316. The zero-order valence-corrected chi connectivity index (χ0v) is 17.6. The quantitative estimate of drug-likeness (QED) is 0.680. The van der Waals surface area contributed by atoms with Gasteiger partial charge in [-0.1, -0.05) is 27.5 Å². The van der Waals surface area contributed by atoms with Crippen LogP contribution in [0.5, 0.6) is 0 Å². The average Bonchev–Trinajstić information content (AvgIpc) is 3.31. The van der Waals surface area contributed by atoms with Crippen molar-refractivity contribution < 1.29 is 13.2 Å². The van der Waals surface area contributed by atoms with Crippen LogP contribution in [-0.2, 0) is 16.4 Å². The molecule has 1 amide bonds. The van der Waals surface area contributed by atoms with Crippen molar-refractivity contribution in [3.63, 3.8) is 0 Å². The first-order chi connectivity index (χ1) is 12.9. The van der Waals surface area contributed by atoms with Crippen molar-refractivity contribution in [3.8, 4) is 0 Å². The molecule has 0 bridgehead atoms. The lowest BCUT2D eigenvalue weighted by Gasteiger charge is -2.20. The third-order valence-electron chi connectivity index (χ3n) is 5.05. The number of halogens is 2. The molecule has 0 aromatic heterocycles. The Labute approximate surface area is 172 Å². The molecule has 8 heteroatoms. The van der Waals surface area contributed by atoms with Gasteiger partial charge in [0.2, 0.25) is 10.0 Å². The first-order valence-corrected chi connectivity index (χ1v) is 11.4. The van der Waals surface area contributed by atoms with E-state index >= 15 is 0 Å². The maximum atomic E-state index is 13.1. The van der Waals surface area contributed by atoms with Crippen molar-refractivity contribution in [3.05, 3.63) is 57.0 Å². The molecule has 0 unspecified atom stereocenters. The van der Waals surface area contributed by atoms with Crippen molar-refractivity contribution in [2.75, 3.05) is 24.5 Å².